The smallest absolute Gasteiger partial charge is 0.302 e. The minimum absolute atomic E-state index is 0.0353. The predicted octanol–water partition coefficient (Wildman–Crippen LogP) is 1.66. The molecule has 0 spiro atoms. The number of nitrogens with zero attached hydrogens (tertiary/aromatic N) is 2. The van der Waals surface area contributed by atoms with E-state index in [1.54, 1.807) is 21.6 Å². The molecule has 3 amide bonds. The van der Waals surface area contributed by atoms with E-state index < -0.39 is 0 Å². The van der Waals surface area contributed by atoms with E-state index in [1.165, 1.54) is 6.42 Å². The minimum atomic E-state index is -0.153. The summed E-state index contributed by atoms with van der Waals surface area (Å²) >= 11 is 1.68. The van der Waals surface area contributed by atoms with E-state index in [0.717, 1.165) is 31.4 Å². The number of amides is 3. The molecule has 1 atom stereocenters. The van der Waals surface area contributed by atoms with Gasteiger partial charge in [-0.25, -0.2) is 4.79 Å². The summed E-state index contributed by atoms with van der Waals surface area (Å²) in [5.41, 5.74) is 0. The van der Waals surface area contributed by atoms with E-state index in [-0.39, 0.29) is 24.0 Å². The van der Waals surface area contributed by atoms with E-state index in [4.69, 9.17) is 0 Å². The highest BCUT2D eigenvalue weighted by Crippen LogP contribution is 2.33. The van der Waals surface area contributed by atoms with Crippen molar-refractivity contribution in [1.82, 2.24) is 9.80 Å². The van der Waals surface area contributed by atoms with Gasteiger partial charge in [0.2, 0.25) is 0 Å². The highest BCUT2D eigenvalue weighted by atomic mass is 32.2. The average Bonchev–Trinajstić information content (AvgIpc) is 2.86. The molecule has 16 heavy (non-hydrogen) atoms. The van der Waals surface area contributed by atoms with Crippen LogP contribution in [0.4, 0.5) is 4.79 Å². The van der Waals surface area contributed by atoms with Gasteiger partial charge in [-0.2, -0.15) is 0 Å². The second-order valence-electron chi connectivity index (χ2n) is 4.77. The molecular formula is C11H16N2O2S. The van der Waals surface area contributed by atoms with Gasteiger partial charge in [0, 0.05) is 11.8 Å². The Morgan fingerprint density at radius 2 is 1.88 bits per heavy atom. The van der Waals surface area contributed by atoms with Crippen molar-refractivity contribution in [1.29, 1.82) is 0 Å². The third-order valence-electron chi connectivity index (χ3n) is 3.80. The van der Waals surface area contributed by atoms with E-state index in [0.29, 0.717) is 5.88 Å². The van der Waals surface area contributed by atoms with E-state index >= 15 is 0 Å². The number of fused-ring (bicyclic) bond motifs is 1. The molecule has 3 aliphatic rings. The maximum absolute atomic E-state index is 12.1. The lowest BCUT2D eigenvalue weighted by atomic mass is 9.94. The fourth-order valence-corrected chi connectivity index (χ4v) is 4.04. The van der Waals surface area contributed by atoms with Crippen LogP contribution in [0.3, 0.4) is 0 Å². The fraction of sp³-hybridized carbons (Fsp3) is 0.818. The quantitative estimate of drug-likeness (QED) is 0.654. The SMILES string of the molecule is O=C1[C@@H]2CSCN2C(=O)N1C1CCCCC1. The zero-order chi connectivity index (χ0) is 11.1. The summed E-state index contributed by atoms with van der Waals surface area (Å²) in [6, 6.07) is -0.00400. The topological polar surface area (TPSA) is 40.6 Å². The normalized spacial score (nSPS) is 31.4. The molecule has 88 valence electrons. The highest BCUT2D eigenvalue weighted by Gasteiger charge is 2.50. The van der Waals surface area contributed by atoms with Crippen LogP contribution in [0.5, 0.6) is 0 Å². The van der Waals surface area contributed by atoms with Gasteiger partial charge < -0.3 is 4.90 Å². The molecule has 1 saturated carbocycles. The number of thioether (sulfide) groups is 1. The number of hydrogen-bond acceptors (Lipinski definition) is 3. The zero-order valence-corrected chi connectivity index (χ0v) is 10.0. The molecule has 1 aliphatic carbocycles. The number of carbonyl (C=O) groups is 2. The second kappa shape index (κ2) is 3.95. The van der Waals surface area contributed by atoms with Crippen molar-refractivity contribution >= 4 is 23.7 Å². The molecule has 4 nitrogen and oxygen atoms in total. The maximum atomic E-state index is 12.1. The molecule has 0 unspecified atom stereocenters. The monoisotopic (exact) mass is 240 g/mol. The summed E-state index contributed by atoms with van der Waals surface area (Å²) in [4.78, 5) is 27.6. The van der Waals surface area contributed by atoms with Crippen LogP contribution in [0.25, 0.3) is 0 Å². The molecule has 0 aromatic carbocycles. The fourth-order valence-electron chi connectivity index (χ4n) is 2.90. The first-order valence-corrected chi connectivity index (χ1v) is 7.16. The molecule has 2 saturated heterocycles. The summed E-state index contributed by atoms with van der Waals surface area (Å²) in [6.07, 6.45) is 5.56. The highest BCUT2D eigenvalue weighted by molar-refractivity contribution is 7.99. The van der Waals surface area contributed by atoms with Gasteiger partial charge >= 0.3 is 6.03 Å². The zero-order valence-electron chi connectivity index (χ0n) is 9.22. The molecule has 5 heteroatoms. The molecule has 0 N–H and O–H groups in total. The van der Waals surface area contributed by atoms with Crippen molar-refractivity contribution in [3.05, 3.63) is 0 Å². The number of hydrogen-bond donors (Lipinski definition) is 0. The molecule has 0 bridgehead atoms. The molecule has 2 aliphatic heterocycles. The summed E-state index contributed by atoms with van der Waals surface area (Å²) < 4.78 is 0. The Morgan fingerprint density at radius 1 is 1.12 bits per heavy atom. The third kappa shape index (κ3) is 1.44. The van der Waals surface area contributed by atoms with Crippen LogP contribution in [0.2, 0.25) is 0 Å². The Kier molecular flexibility index (Phi) is 2.58. The summed E-state index contributed by atoms with van der Waals surface area (Å²) in [7, 11) is 0. The van der Waals surface area contributed by atoms with Gasteiger partial charge in [0.1, 0.15) is 6.04 Å². The Hall–Kier alpha value is -0.710. The number of urea groups is 1. The first-order chi connectivity index (χ1) is 7.79. The lowest BCUT2D eigenvalue weighted by Crippen LogP contribution is -2.42. The van der Waals surface area contributed by atoms with Crippen LogP contribution in [0, 0.1) is 0 Å². The van der Waals surface area contributed by atoms with E-state index in [9.17, 15) is 9.59 Å². The van der Waals surface area contributed by atoms with Crippen molar-refractivity contribution in [2.45, 2.75) is 44.2 Å². The lowest BCUT2D eigenvalue weighted by Gasteiger charge is -2.29. The molecule has 2 heterocycles. The van der Waals surface area contributed by atoms with Crippen LogP contribution in [0.15, 0.2) is 0 Å². The van der Waals surface area contributed by atoms with Crippen molar-refractivity contribution in [3.8, 4) is 0 Å². The average molecular weight is 240 g/mol. The van der Waals surface area contributed by atoms with Crippen molar-refractivity contribution in [2.24, 2.45) is 0 Å². The van der Waals surface area contributed by atoms with Crippen molar-refractivity contribution in [2.75, 3.05) is 11.6 Å². The van der Waals surface area contributed by atoms with Gasteiger partial charge in [-0.3, -0.25) is 9.69 Å². The first-order valence-electron chi connectivity index (χ1n) is 6.00. The van der Waals surface area contributed by atoms with Gasteiger partial charge in [0.25, 0.3) is 5.91 Å². The van der Waals surface area contributed by atoms with Crippen molar-refractivity contribution < 1.29 is 9.59 Å². The van der Waals surface area contributed by atoms with Crippen molar-refractivity contribution in [3.63, 3.8) is 0 Å². The maximum Gasteiger partial charge on any atom is 0.328 e. The second-order valence-corrected chi connectivity index (χ2v) is 5.77. The molecule has 3 rings (SSSR count). The van der Waals surface area contributed by atoms with Crippen LogP contribution in [0.1, 0.15) is 32.1 Å². The summed E-state index contributed by atoms with van der Waals surface area (Å²) in [5.74, 6) is 1.54. The summed E-state index contributed by atoms with van der Waals surface area (Å²) in [5, 5.41) is 0. The number of rotatable bonds is 1. The number of imide groups is 1. The Morgan fingerprint density at radius 3 is 2.56 bits per heavy atom. The van der Waals surface area contributed by atoms with Crippen LogP contribution >= 0.6 is 11.8 Å². The van der Waals surface area contributed by atoms with Gasteiger partial charge in [-0.05, 0) is 12.8 Å². The molecule has 0 aromatic heterocycles. The Bertz CT molecular complexity index is 306. The predicted molar refractivity (Wildman–Crippen MR) is 62.1 cm³/mol. The van der Waals surface area contributed by atoms with E-state index in [1.807, 2.05) is 0 Å². The van der Waals surface area contributed by atoms with Crippen LogP contribution in [-0.2, 0) is 4.79 Å². The standard InChI is InChI=1S/C11H16N2O2S/c14-10-9-6-16-7-12(9)11(15)13(10)8-4-2-1-3-5-8/h8-9H,1-7H2/t9-/m0/s1. The lowest BCUT2D eigenvalue weighted by molar-refractivity contribution is -0.129. The Balaban J connectivity index is 1.80. The van der Waals surface area contributed by atoms with Crippen LogP contribution in [-0.4, -0.2) is 45.5 Å². The largest absolute Gasteiger partial charge is 0.328 e. The molecule has 0 radical (unpaired) electrons. The molecule has 0 aromatic rings. The van der Waals surface area contributed by atoms with Gasteiger partial charge in [-0.15, -0.1) is 11.8 Å². The molecule has 3 fully saturated rings. The third-order valence-corrected chi connectivity index (χ3v) is 4.81. The number of carbonyl (C=O) groups excluding carboxylic acids is 2. The van der Waals surface area contributed by atoms with Crippen LogP contribution < -0.4 is 0 Å². The summed E-state index contributed by atoms with van der Waals surface area (Å²) in [6.45, 7) is 0. The Labute approximate surface area is 99.3 Å². The van der Waals surface area contributed by atoms with Gasteiger partial charge in [0.15, 0.2) is 0 Å². The van der Waals surface area contributed by atoms with Gasteiger partial charge in [0.05, 0.1) is 5.88 Å². The van der Waals surface area contributed by atoms with E-state index in [2.05, 4.69) is 0 Å². The first kappa shape index (κ1) is 10.4. The van der Waals surface area contributed by atoms with Gasteiger partial charge in [-0.1, -0.05) is 19.3 Å². The molecular weight excluding hydrogens is 224 g/mol. The minimum Gasteiger partial charge on any atom is -0.302 e.